The number of nitrogens with zero attached hydrogens (tertiary/aromatic N) is 2. The van der Waals surface area contributed by atoms with E-state index in [1.165, 1.54) is 12.1 Å². The van der Waals surface area contributed by atoms with Crippen LogP contribution in [0.25, 0.3) is 11.4 Å². The van der Waals surface area contributed by atoms with E-state index in [4.69, 9.17) is 0 Å². The van der Waals surface area contributed by atoms with Crippen molar-refractivity contribution < 1.29 is 4.39 Å². The molecule has 1 aromatic heterocycles. The molecule has 0 radical (unpaired) electrons. The van der Waals surface area contributed by atoms with Crippen LogP contribution in [0.3, 0.4) is 0 Å². The molecule has 0 unspecified atom stereocenters. The van der Waals surface area contributed by atoms with Crippen LogP contribution in [0.1, 0.15) is 18.1 Å². The van der Waals surface area contributed by atoms with Gasteiger partial charge in [-0.15, -0.1) is 0 Å². The van der Waals surface area contributed by atoms with E-state index in [1.807, 2.05) is 19.9 Å². The van der Waals surface area contributed by atoms with Gasteiger partial charge in [-0.25, -0.2) is 14.4 Å². The van der Waals surface area contributed by atoms with Crippen molar-refractivity contribution in [1.29, 1.82) is 0 Å². The van der Waals surface area contributed by atoms with E-state index < -0.39 is 0 Å². The molecular weight excluding hydrogens is 229 g/mol. The van der Waals surface area contributed by atoms with Crippen molar-refractivity contribution in [3.63, 3.8) is 0 Å². The molecule has 0 fully saturated rings. The van der Waals surface area contributed by atoms with Crippen LogP contribution in [0.15, 0.2) is 30.6 Å². The van der Waals surface area contributed by atoms with Crippen molar-refractivity contribution >= 4 is 0 Å². The third-order valence-electron chi connectivity index (χ3n) is 2.58. The summed E-state index contributed by atoms with van der Waals surface area (Å²) in [6, 6.07) is 4.82. The quantitative estimate of drug-likeness (QED) is 0.900. The molecule has 94 valence electrons. The molecule has 0 saturated heterocycles. The second kappa shape index (κ2) is 5.69. The zero-order valence-corrected chi connectivity index (χ0v) is 10.6. The molecule has 1 heterocycles. The van der Waals surface area contributed by atoms with E-state index in [9.17, 15) is 4.39 Å². The van der Waals surface area contributed by atoms with Crippen LogP contribution < -0.4 is 5.32 Å². The number of hydrogen-bond donors (Lipinski definition) is 1. The Morgan fingerprint density at radius 3 is 2.50 bits per heavy atom. The van der Waals surface area contributed by atoms with Gasteiger partial charge in [0, 0.05) is 30.1 Å². The third kappa shape index (κ3) is 3.11. The van der Waals surface area contributed by atoms with Gasteiger partial charge < -0.3 is 5.32 Å². The van der Waals surface area contributed by atoms with Gasteiger partial charge in [-0.05, 0) is 37.2 Å². The van der Waals surface area contributed by atoms with E-state index in [0.717, 1.165) is 24.2 Å². The summed E-state index contributed by atoms with van der Waals surface area (Å²) in [6.07, 6.45) is 3.54. The SMILES string of the molecule is CCNCc1cnc(-c2cc(C)cc(F)c2)nc1. The summed E-state index contributed by atoms with van der Waals surface area (Å²) in [6.45, 7) is 5.56. The van der Waals surface area contributed by atoms with Crippen molar-refractivity contribution in [2.45, 2.75) is 20.4 Å². The molecule has 0 saturated carbocycles. The number of aryl methyl sites for hydroxylation is 1. The Bertz CT molecular complexity index is 503. The zero-order valence-electron chi connectivity index (χ0n) is 10.6. The molecule has 0 aliphatic carbocycles. The molecule has 0 amide bonds. The molecule has 2 rings (SSSR count). The van der Waals surface area contributed by atoms with Gasteiger partial charge >= 0.3 is 0 Å². The Morgan fingerprint density at radius 1 is 1.17 bits per heavy atom. The summed E-state index contributed by atoms with van der Waals surface area (Å²) >= 11 is 0. The van der Waals surface area contributed by atoms with E-state index in [1.54, 1.807) is 12.4 Å². The highest BCUT2D eigenvalue weighted by Crippen LogP contribution is 2.17. The number of aromatic nitrogens is 2. The molecule has 3 nitrogen and oxygen atoms in total. The van der Waals surface area contributed by atoms with Crippen molar-refractivity contribution in [2.24, 2.45) is 0 Å². The maximum absolute atomic E-state index is 13.3. The van der Waals surface area contributed by atoms with E-state index in [-0.39, 0.29) is 5.82 Å². The van der Waals surface area contributed by atoms with Gasteiger partial charge in [0.1, 0.15) is 5.82 Å². The molecule has 0 aliphatic heterocycles. The average Bonchev–Trinajstić information content (AvgIpc) is 2.36. The van der Waals surface area contributed by atoms with E-state index in [0.29, 0.717) is 11.4 Å². The second-order valence-electron chi connectivity index (χ2n) is 4.21. The van der Waals surface area contributed by atoms with Crippen LogP contribution in [0.2, 0.25) is 0 Å². The fraction of sp³-hybridized carbons (Fsp3) is 0.286. The first kappa shape index (κ1) is 12.6. The fourth-order valence-corrected chi connectivity index (χ4v) is 1.73. The molecule has 2 aromatic rings. The Labute approximate surface area is 106 Å². The van der Waals surface area contributed by atoms with Crippen LogP contribution in [-0.2, 0) is 6.54 Å². The largest absolute Gasteiger partial charge is 0.313 e. The first-order chi connectivity index (χ1) is 8.69. The van der Waals surface area contributed by atoms with Crippen molar-refractivity contribution in [1.82, 2.24) is 15.3 Å². The fourth-order valence-electron chi connectivity index (χ4n) is 1.73. The third-order valence-corrected chi connectivity index (χ3v) is 2.58. The molecule has 18 heavy (non-hydrogen) atoms. The molecule has 0 aliphatic rings. The van der Waals surface area contributed by atoms with Crippen LogP contribution in [0.4, 0.5) is 4.39 Å². The number of benzene rings is 1. The number of halogens is 1. The molecule has 0 bridgehead atoms. The van der Waals surface area contributed by atoms with Crippen molar-refractivity contribution in [3.8, 4) is 11.4 Å². The van der Waals surface area contributed by atoms with E-state index >= 15 is 0 Å². The Morgan fingerprint density at radius 2 is 1.89 bits per heavy atom. The predicted octanol–water partition coefficient (Wildman–Crippen LogP) is 2.70. The maximum atomic E-state index is 13.3. The van der Waals surface area contributed by atoms with Gasteiger partial charge in [0.15, 0.2) is 5.82 Å². The molecule has 0 spiro atoms. The van der Waals surface area contributed by atoms with Gasteiger partial charge in [-0.3, -0.25) is 0 Å². The molecule has 1 aromatic carbocycles. The molecule has 1 N–H and O–H groups in total. The monoisotopic (exact) mass is 245 g/mol. The minimum Gasteiger partial charge on any atom is -0.313 e. The summed E-state index contributed by atoms with van der Waals surface area (Å²) in [5.74, 6) is 0.295. The summed E-state index contributed by atoms with van der Waals surface area (Å²) in [7, 11) is 0. The maximum Gasteiger partial charge on any atom is 0.159 e. The summed E-state index contributed by atoms with van der Waals surface area (Å²) in [4.78, 5) is 8.53. The van der Waals surface area contributed by atoms with Crippen molar-refractivity contribution in [3.05, 3.63) is 47.5 Å². The molecule has 0 atom stereocenters. The Balaban J connectivity index is 2.23. The minimum absolute atomic E-state index is 0.259. The summed E-state index contributed by atoms with van der Waals surface area (Å²) in [5.41, 5.74) is 2.60. The lowest BCUT2D eigenvalue weighted by atomic mass is 10.1. The molecular formula is C14H16FN3. The molecule has 4 heteroatoms. The van der Waals surface area contributed by atoms with Crippen LogP contribution >= 0.6 is 0 Å². The van der Waals surface area contributed by atoms with Crippen LogP contribution in [-0.4, -0.2) is 16.5 Å². The lowest BCUT2D eigenvalue weighted by Gasteiger charge is -2.04. The van der Waals surface area contributed by atoms with Crippen molar-refractivity contribution in [2.75, 3.05) is 6.54 Å². The lowest BCUT2D eigenvalue weighted by molar-refractivity contribution is 0.627. The van der Waals surface area contributed by atoms with E-state index in [2.05, 4.69) is 15.3 Å². The normalized spacial score (nSPS) is 10.6. The first-order valence-electron chi connectivity index (χ1n) is 5.98. The first-order valence-corrected chi connectivity index (χ1v) is 5.98. The van der Waals surface area contributed by atoms with Crippen LogP contribution in [0.5, 0.6) is 0 Å². The second-order valence-corrected chi connectivity index (χ2v) is 4.21. The van der Waals surface area contributed by atoms with Gasteiger partial charge in [0.25, 0.3) is 0 Å². The summed E-state index contributed by atoms with van der Waals surface area (Å²) in [5, 5.41) is 3.20. The van der Waals surface area contributed by atoms with Gasteiger partial charge in [0.2, 0.25) is 0 Å². The predicted molar refractivity (Wildman–Crippen MR) is 69.5 cm³/mol. The highest BCUT2D eigenvalue weighted by atomic mass is 19.1. The number of nitrogens with one attached hydrogen (secondary N) is 1. The number of rotatable bonds is 4. The van der Waals surface area contributed by atoms with Gasteiger partial charge in [-0.1, -0.05) is 6.92 Å². The van der Waals surface area contributed by atoms with Gasteiger partial charge in [-0.2, -0.15) is 0 Å². The average molecular weight is 245 g/mol. The Kier molecular flexibility index (Phi) is 3.99. The van der Waals surface area contributed by atoms with Crippen LogP contribution in [0, 0.1) is 12.7 Å². The highest BCUT2D eigenvalue weighted by molar-refractivity contribution is 5.55. The summed E-state index contributed by atoms with van der Waals surface area (Å²) < 4.78 is 13.3. The Hall–Kier alpha value is -1.81. The van der Waals surface area contributed by atoms with Gasteiger partial charge in [0.05, 0.1) is 0 Å². The zero-order chi connectivity index (χ0) is 13.0. The highest BCUT2D eigenvalue weighted by Gasteiger charge is 2.04. The lowest BCUT2D eigenvalue weighted by Crippen LogP contribution is -2.12. The topological polar surface area (TPSA) is 37.8 Å². The smallest absolute Gasteiger partial charge is 0.159 e. The minimum atomic E-state index is -0.259. The number of hydrogen-bond acceptors (Lipinski definition) is 3. The standard InChI is InChI=1S/C14H16FN3/c1-3-16-7-11-8-17-14(18-9-11)12-4-10(2)5-13(15)6-12/h4-6,8-9,16H,3,7H2,1-2H3.